The first-order valence-corrected chi connectivity index (χ1v) is 12.7. The van der Waals surface area contributed by atoms with Crippen molar-refractivity contribution < 1.29 is 0 Å². The highest BCUT2D eigenvalue weighted by Crippen LogP contribution is 2.25. The number of hydrogen-bond acceptors (Lipinski definition) is 5. The average molecular weight is 481 g/mol. The van der Waals surface area contributed by atoms with Crippen molar-refractivity contribution in [2.75, 3.05) is 0 Å². The van der Waals surface area contributed by atoms with Crippen molar-refractivity contribution in [1.82, 2.24) is 24.2 Å². The molecule has 0 unspecified atom stereocenters. The number of para-hydroxylation sites is 2. The van der Waals surface area contributed by atoms with E-state index in [2.05, 4.69) is 56.9 Å². The molecule has 5 aromatic rings. The minimum atomic E-state index is -0.102. The van der Waals surface area contributed by atoms with Crippen molar-refractivity contribution in [1.29, 1.82) is 0 Å². The Morgan fingerprint density at radius 3 is 2.33 bits per heavy atom. The van der Waals surface area contributed by atoms with E-state index in [0.717, 1.165) is 42.3 Å². The SMILES string of the molecule is CCCCCCn1cnc2c(c1=O)c1nc3ccccc3nc1n2/N=C/c1ccc(C(C)(C)C)cc1. The zero-order valence-electron chi connectivity index (χ0n) is 21.4. The Bertz CT molecular complexity index is 1620. The number of aromatic nitrogens is 5. The van der Waals surface area contributed by atoms with Crippen LogP contribution in [0.3, 0.4) is 0 Å². The minimum Gasteiger partial charge on any atom is -0.299 e. The van der Waals surface area contributed by atoms with Crippen molar-refractivity contribution >= 4 is 39.4 Å². The maximum Gasteiger partial charge on any atom is 0.265 e. The molecule has 0 saturated heterocycles. The molecule has 3 heterocycles. The van der Waals surface area contributed by atoms with Gasteiger partial charge in [0.25, 0.3) is 5.56 Å². The molecule has 184 valence electrons. The van der Waals surface area contributed by atoms with E-state index in [4.69, 9.17) is 15.1 Å². The van der Waals surface area contributed by atoms with Gasteiger partial charge < -0.3 is 0 Å². The fourth-order valence-electron chi connectivity index (χ4n) is 4.43. The summed E-state index contributed by atoms with van der Waals surface area (Å²) in [5, 5.41) is 5.19. The molecule has 0 atom stereocenters. The van der Waals surface area contributed by atoms with Crippen LogP contribution in [0.4, 0.5) is 0 Å². The molecule has 0 aliphatic carbocycles. The standard InChI is InChI=1S/C29H32N6O/c1-5-6-7-10-17-34-19-30-26-24(28(34)36)25-27(33-23-12-9-8-11-22(23)32-25)35(26)31-18-20-13-15-21(16-14-20)29(2,3)4/h8-9,11-16,18-19H,5-7,10,17H2,1-4H3/b31-18+. The van der Waals surface area contributed by atoms with Gasteiger partial charge in [-0.2, -0.15) is 9.78 Å². The van der Waals surface area contributed by atoms with Crippen molar-refractivity contribution in [3.05, 3.63) is 76.3 Å². The second-order valence-corrected chi connectivity index (χ2v) is 10.3. The second kappa shape index (κ2) is 9.64. The Kier molecular flexibility index (Phi) is 6.39. The summed E-state index contributed by atoms with van der Waals surface area (Å²) in [7, 11) is 0. The number of unbranched alkanes of at least 4 members (excludes halogenated alkanes) is 3. The molecule has 0 spiro atoms. The molecule has 5 rings (SSSR count). The molecule has 7 nitrogen and oxygen atoms in total. The van der Waals surface area contributed by atoms with E-state index in [9.17, 15) is 4.79 Å². The van der Waals surface area contributed by atoms with E-state index in [-0.39, 0.29) is 11.0 Å². The van der Waals surface area contributed by atoms with Gasteiger partial charge >= 0.3 is 0 Å². The highest BCUT2D eigenvalue weighted by atomic mass is 16.1. The number of fused-ring (bicyclic) bond motifs is 4. The molecule has 0 saturated carbocycles. The summed E-state index contributed by atoms with van der Waals surface area (Å²) < 4.78 is 3.33. The third-order valence-corrected chi connectivity index (χ3v) is 6.56. The monoisotopic (exact) mass is 480 g/mol. The topological polar surface area (TPSA) is 78.0 Å². The Hall–Kier alpha value is -3.87. The Morgan fingerprint density at radius 2 is 1.64 bits per heavy atom. The molecular weight excluding hydrogens is 448 g/mol. The van der Waals surface area contributed by atoms with Gasteiger partial charge in [-0.1, -0.05) is 83.4 Å². The molecule has 0 aliphatic heterocycles. The molecule has 0 amide bonds. The van der Waals surface area contributed by atoms with E-state index >= 15 is 0 Å². The van der Waals surface area contributed by atoms with Crippen LogP contribution in [-0.4, -0.2) is 30.4 Å². The number of rotatable bonds is 7. The van der Waals surface area contributed by atoms with Crippen molar-refractivity contribution in [2.45, 2.75) is 65.3 Å². The number of benzene rings is 2. The molecule has 36 heavy (non-hydrogen) atoms. The lowest BCUT2D eigenvalue weighted by molar-refractivity contribution is 0.567. The molecule has 0 radical (unpaired) electrons. The summed E-state index contributed by atoms with van der Waals surface area (Å²) in [5.41, 5.74) is 5.21. The van der Waals surface area contributed by atoms with Gasteiger partial charge in [0.2, 0.25) is 0 Å². The van der Waals surface area contributed by atoms with Crippen LogP contribution in [-0.2, 0) is 12.0 Å². The molecule has 3 aromatic heterocycles. The maximum atomic E-state index is 13.6. The zero-order valence-corrected chi connectivity index (χ0v) is 21.4. The number of hydrogen-bond donors (Lipinski definition) is 0. The third-order valence-electron chi connectivity index (χ3n) is 6.56. The molecule has 2 aromatic carbocycles. The van der Waals surface area contributed by atoms with Crippen molar-refractivity contribution in [2.24, 2.45) is 5.10 Å². The van der Waals surface area contributed by atoms with Gasteiger partial charge in [0.1, 0.15) is 10.9 Å². The number of nitrogens with zero attached hydrogens (tertiary/aromatic N) is 6. The van der Waals surface area contributed by atoms with Crippen LogP contribution in [0.2, 0.25) is 0 Å². The van der Waals surface area contributed by atoms with Crippen LogP contribution in [0, 0.1) is 0 Å². The van der Waals surface area contributed by atoms with Gasteiger partial charge in [0, 0.05) is 6.54 Å². The molecule has 7 heteroatoms. The van der Waals surface area contributed by atoms with Gasteiger partial charge in [0.05, 0.1) is 23.6 Å². The predicted octanol–water partition coefficient (Wildman–Crippen LogP) is 6.05. The lowest BCUT2D eigenvalue weighted by atomic mass is 9.87. The van der Waals surface area contributed by atoms with Crippen LogP contribution >= 0.6 is 0 Å². The Labute approximate surface area is 210 Å². The second-order valence-electron chi connectivity index (χ2n) is 10.3. The summed E-state index contributed by atoms with van der Waals surface area (Å²) in [6.07, 6.45) is 7.74. The largest absolute Gasteiger partial charge is 0.299 e. The van der Waals surface area contributed by atoms with Gasteiger partial charge in [-0.3, -0.25) is 9.36 Å². The van der Waals surface area contributed by atoms with Crippen LogP contribution in [0.5, 0.6) is 0 Å². The quantitative estimate of drug-likeness (QED) is 0.210. The van der Waals surface area contributed by atoms with Crippen molar-refractivity contribution in [3.63, 3.8) is 0 Å². The smallest absolute Gasteiger partial charge is 0.265 e. The summed E-state index contributed by atoms with van der Waals surface area (Å²) in [6, 6.07) is 16.0. The molecule has 0 fully saturated rings. The van der Waals surface area contributed by atoms with Gasteiger partial charge in [-0.05, 0) is 35.1 Å². The summed E-state index contributed by atoms with van der Waals surface area (Å²) >= 11 is 0. The van der Waals surface area contributed by atoms with E-state index in [1.807, 2.05) is 24.3 Å². The van der Waals surface area contributed by atoms with Crippen LogP contribution in [0.15, 0.2) is 64.8 Å². The Balaban J connectivity index is 1.64. The fourth-order valence-corrected chi connectivity index (χ4v) is 4.43. The third kappa shape index (κ3) is 4.53. The summed E-state index contributed by atoms with van der Waals surface area (Å²) in [4.78, 5) is 27.9. The molecule has 0 N–H and O–H groups in total. The normalized spacial score (nSPS) is 12.4. The van der Waals surface area contributed by atoms with Crippen molar-refractivity contribution in [3.8, 4) is 0 Å². The molecule has 0 bridgehead atoms. The van der Waals surface area contributed by atoms with Gasteiger partial charge in [0.15, 0.2) is 11.3 Å². The van der Waals surface area contributed by atoms with Crippen LogP contribution in [0.25, 0.3) is 33.2 Å². The first-order chi connectivity index (χ1) is 17.4. The first kappa shape index (κ1) is 23.9. The molecule has 0 aliphatic rings. The zero-order chi connectivity index (χ0) is 25.3. The maximum absolute atomic E-state index is 13.6. The predicted molar refractivity (Wildman–Crippen MR) is 147 cm³/mol. The molecular formula is C29H32N6O. The first-order valence-electron chi connectivity index (χ1n) is 12.7. The van der Waals surface area contributed by atoms with E-state index in [1.54, 1.807) is 21.8 Å². The lowest BCUT2D eigenvalue weighted by Crippen LogP contribution is -2.20. The highest BCUT2D eigenvalue weighted by Gasteiger charge is 2.19. The fraction of sp³-hybridized carbons (Fsp3) is 0.345. The minimum absolute atomic E-state index is 0.0828. The average Bonchev–Trinajstić information content (AvgIpc) is 3.17. The van der Waals surface area contributed by atoms with Gasteiger partial charge in [-0.15, -0.1) is 0 Å². The van der Waals surface area contributed by atoms with E-state index in [1.165, 1.54) is 5.56 Å². The highest BCUT2D eigenvalue weighted by molar-refractivity contribution is 6.04. The summed E-state index contributed by atoms with van der Waals surface area (Å²) in [6.45, 7) is 9.40. The Morgan fingerprint density at radius 1 is 0.917 bits per heavy atom. The van der Waals surface area contributed by atoms with E-state index < -0.39 is 0 Å². The lowest BCUT2D eigenvalue weighted by Gasteiger charge is -2.18. The summed E-state index contributed by atoms with van der Waals surface area (Å²) in [5.74, 6) is 0. The van der Waals surface area contributed by atoms with E-state index in [0.29, 0.717) is 28.7 Å². The number of aryl methyl sites for hydroxylation is 1. The van der Waals surface area contributed by atoms with Crippen LogP contribution in [0.1, 0.15) is 64.5 Å². The van der Waals surface area contributed by atoms with Crippen LogP contribution < -0.4 is 5.56 Å². The van der Waals surface area contributed by atoms with Gasteiger partial charge in [-0.25, -0.2) is 15.0 Å².